The first-order chi connectivity index (χ1) is 6.68. The fourth-order valence-corrected chi connectivity index (χ4v) is 2.01. The van der Waals surface area contributed by atoms with Crippen molar-refractivity contribution >= 4 is 0 Å². The van der Waals surface area contributed by atoms with E-state index in [1.54, 1.807) is 0 Å². The number of nitrogens with two attached hydrogens (primary N) is 1. The third-order valence-corrected chi connectivity index (χ3v) is 3.31. The van der Waals surface area contributed by atoms with Crippen LogP contribution in [-0.4, -0.2) is 5.54 Å². The lowest BCUT2D eigenvalue weighted by Gasteiger charge is -2.24. The van der Waals surface area contributed by atoms with Crippen molar-refractivity contribution in [3.05, 3.63) is 35.9 Å². The zero-order valence-corrected chi connectivity index (χ0v) is 8.87. The summed E-state index contributed by atoms with van der Waals surface area (Å²) in [6.45, 7) is 2.20. The summed E-state index contributed by atoms with van der Waals surface area (Å²) in [6.07, 6.45) is 4.90. The molecule has 0 aliphatic heterocycles. The molecule has 1 saturated carbocycles. The van der Waals surface area contributed by atoms with Gasteiger partial charge in [-0.2, -0.15) is 0 Å². The average Bonchev–Trinajstić information content (AvgIpc) is 3.00. The van der Waals surface area contributed by atoms with Gasteiger partial charge in [0.15, 0.2) is 0 Å². The van der Waals surface area contributed by atoms with Crippen LogP contribution in [0.25, 0.3) is 0 Å². The number of hydrogen-bond donors (Lipinski definition) is 1. The zero-order valence-electron chi connectivity index (χ0n) is 8.87. The summed E-state index contributed by atoms with van der Waals surface area (Å²) in [5.41, 5.74) is 7.74. The molecule has 0 amide bonds. The van der Waals surface area contributed by atoms with Gasteiger partial charge < -0.3 is 5.73 Å². The summed E-state index contributed by atoms with van der Waals surface area (Å²) in [4.78, 5) is 0. The molecule has 1 aromatic carbocycles. The highest BCUT2D eigenvalue weighted by Crippen LogP contribution is 2.40. The topological polar surface area (TPSA) is 26.0 Å². The molecule has 1 nitrogen and oxygen atoms in total. The van der Waals surface area contributed by atoms with E-state index in [2.05, 4.69) is 37.3 Å². The predicted octanol–water partition coefficient (Wildman–Crippen LogP) is 2.75. The van der Waals surface area contributed by atoms with E-state index in [-0.39, 0.29) is 5.54 Å². The van der Waals surface area contributed by atoms with Crippen LogP contribution in [0.5, 0.6) is 0 Å². The number of aryl methyl sites for hydroxylation is 1. The highest BCUT2D eigenvalue weighted by Gasteiger charge is 2.37. The van der Waals surface area contributed by atoms with Crippen LogP contribution in [0.15, 0.2) is 30.3 Å². The smallest absolute Gasteiger partial charge is 0.0157 e. The molecule has 0 radical (unpaired) electrons. The van der Waals surface area contributed by atoms with Crippen molar-refractivity contribution in [2.45, 2.75) is 38.1 Å². The second kappa shape index (κ2) is 3.74. The first-order valence-electron chi connectivity index (χ1n) is 5.51. The summed E-state index contributed by atoms with van der Waals surface area (Å²) >= 11 is 0. The largest absolute Gasteiger partial charge is 0.325 e. The van der Waals surface area contributed by atoms with Gasteiger partial charge in [-0.15, -0.1) is 0 Å². The van der Waals surface area contributed by atoms with E-state index < -0.39 is 0 Å². The lowest BCUT2D eigenvalue weighted by molar-refractivity contribution is 0.379. The molecule has 1 aliphatic rings. The van der Waals surface area contributed by atoms with Crippen LogP contribution in [-0.2, 0) is 6.42 Å². The normalized spacial score (nSPS) is 20.4. The number of rotatable bonds is 4. The first-order valence-corrected chi connectivity index (χ1v) is 5.51. The van der Waals surface area contributed by atoms with Gasteiger partial charge in [0, 0.05) is 5.54 Å². The molecule has 1 unspecified atom stereocenters. The lowest BCUT2D eigenvalue weighted by Crippen LogP contribution is -2.39. The first kappa shape index (κ1) is 9.72. The molecule has 14 heavy (non-hydrogen) atoms. The summed E-state index contributed by atoms with van der Waals surface area (Å²) in [6, 6.07) is 10.6. The van der Waals surface area contributed by atoms with E-state index in [4.69, 9.17) is 5.73 Å². The van der Waals surface area contributed by atoms with Crippen LogP contribution in [0.2, 0.25) is 0 Å². The Bertz CT molecular complexity index is 285. The Balaban J connectivity index is 1.87. The third kappa shape index (κ3) is 2.36. The molecule has 1 aliphatic carbocycles. The molecular formula is C13H19N. The molecule has 0 saturated heterocycles. The van der Waals surface area contributed by atoms with Crippen molar-refractivity contribution in [2.24, 2.45) is 11.7 Å². The second-order valence-electron chi connectivity index (χ2n) is 4.77. The van der Waals surface area contributed by atoms with Gasteiger partial charge in [-0.05, 0) is 44.1 Å². The van der Waals surface area contributed by atoms with Crippen LogP contribution >= 0.6 is 0 Å². The monoisotopic (exact) mass is 189 g/mol. The third-order valence-electron chi connectivity index (χ3n) is 3.31. The molecule has 1 heteroatoms. The van der Waals surface area contributed by atoms with Crippen LogP contribution in [0.3, 0.4) is 0 Å². The highest BCUT2D eigenvalue weighted by atomic mass is 14.8. The number of hydrogen-bond acceptors (Lipinski definition) is 1. The Morgan fingerprint density at radius 3 is 2.50 bits per heavy atom. The molecule has 1 aromatic rings. The Hall–Kier alpha value is -0.820. The van der Waals surface area contributed by atoms with Crippen molar-refractivity contribution in [2.75, 3.05) is 0 Å². The lowest BCUT2D eigenvalue weighted by atomic mass is 9.90. The van der Waals surface area contributed by atoms with Crippen LogP contribution in [0, 0.1) is 5.92 Å². The quantitative estimate of drug-likeness (QED) is 0.774. The van der Waals surface area contributed by atoms with E-state index in [1.165, 1.54) is 18.4 Å². The zero-order chi connectivity index (χ0) is 10.0. The Labute approximate surface area is 86.3 Å². The van der Waals surface area contributed by atoms with Gasteiger partial charge in [0.05, 0.1) is 0 Å². The maximum atomic E-state index is 6.27. The molecular weight excluding hydrogens is 170 g/mol. The van der Waals surface area contributed by atoms with Crippen molar-refractivity contribution in [3.63, 3.8) is 0 Å². The minimum absolute atomic E-state index is 0.0653. The molecule has 0 spiro atoms. The molecule has 0 bridgehead atoms. The van der Waals surface area contributed by atoms with Crippen molar-refractivity contribution in [3.8, 4) is 0 Å². The van der Waals surface area contributed by atoms with E-state index in [9.17, 15) is 0 Å². The molecule has 2 N–H and O–H groups in total. The van der Waals surface area contributed by atoms with Crippen LogP contribution in [0.4, 0.5) is 0 Å². The molecule has 76 valence electrons. The second-order valence-corrected chi connectivity index (χ2v) is 4.77. The summed E-state index contributed by atoms with van der Waals surface area (Å²) < 4.78 is 0. The Morgan fingerprint density at radius 1 is 1.29 bits per heavy atom. The van der Waals surface area contributed by atoms with Gasteiger partial charge in [0.1, 0.15) is 0 Å². The minimum Gasteiger partial charge on any atom is -0.325 e. The van der Waals surface area contributed by atoms with E-state index >= 15 is 0 Å². The predicted molar refractivity (Wildman–Crippen MR) is 60.1 cm³/mol. The fraction of sp³-hybridized carbons (Fsp3) is 0.538. The maximum Gasteiger partial charge on any atom is 0.0157 e. The van der Waals surface area contributed by atoms with E-state index in [0.717, 1.165) is 18.8 Å². The maximum absolute atomic E-state index is 6.27. The van der Waals surface area contributed by atoms with E-state index in [0.29, 0.717) is 0 Å². The van der Waals surface area contributed by atoms with Gasteiger partial charge in [-0.3, -0.25) is 0 Å². The number of benzene rings is 1. The van der Waals surface area contributed by atoms with Crippen molar-refractivity contribution in [1.82, 2.24) is 0 Å². The SMILES string of the molecule is CC(N)(CCc1ccccc1)C1CC1. The van der Waals surface area contributed by atoms with Gasteiger partial charge in [-0.25, -0.2) is 0 Å². The van der Waals surface area contributed by atoms with Crippen LogP contribution < -0.4 is 5.73 Å². The van der Waals surface area contributed by atoms with Gasteiger partial charge in [-0.1, -0.05) is 30.3 Å². The molecule has 0 aromatic heterocycles. The summed E-state index contributed by atoms with van der Waals surface area (Å²) in [7, 11) is 0. The van der Waals surface area contributed by atoms with Crippen molar-refractivity contribution < 1.29 is 0 Å². The Kier molecular flexibility index (Phi) is 2.60. The Morgan fingerprint density at radius 2 is 1.93 bits per heavy atom. The standard InChI is InChI=1S/C13H19N/c1-13(14,12-7-8-12)10-9-11-5-3-2-4-6-11/h2-6,12H,7-10,14H2,1H3. The minimum atomic E-state index is 0.0653. The van der Waals surface area contributed by atoms with Gasteiger partial charge >= 0.3 is 0 Å². The average molecular weight is 189 g/mol. The van der Waals surface area contributed by atoms with E-state index in [1.807, 2.05) is 0 Å². The van der Waals surface area contributed by atoms with Gasteiger partial charge in [0.2, 0.25) is 0 Å². The fourth-order valence-electron chi connectivity index (χ4n) is 2.01. The molecule has 1 fully saturated rings. The van der Waals surface area contributed by atoms with Crippen LogP contribution in [0.1, 0.15) is 31.7 Å². The highest BCUT2D eigenvalue weighted by molar-refractivity contribution is 5.15. The molecule has 2 rings (SSSR count). The van der Waals surface area contributed by atoms with Crippen molar-refractivity contribution in [1.29, 1.82) is 0 Å². The molecule has 1 atom stereocenters. The summed E-state index contributed by atoms with van der Waals surface area (Å²) in [5.74, 6) is 0.784. The van der Waals surface area contributed by atoms with Gasteiger partial charge in [0.25, 0.3) is 0 Å². The molecule has 0 heterocycles. The summed E-state index contributed by atoms with van der Waals surface area (Å²) in [5, 5.41) is 0.